The van der Waals surface area contributed by atoms with E-state index in [2.05, 4.69) is 4.98 Å². The van der Waals surface area contributed by atoms with Crippen LogP contribution in [0.25, 0.3) is 10.6 Å². The van der Waals surface area contributed by atoms with Crippen molar-refractivity contribution in [2.24, 2.45) is 0 Å². The highest BCUT2D eigenvalue weighted by Crippen LogP contribution is 2.28. The van der Waals surface area contributed by atoms with Crippen LogP contribution in [0.15, 0.2) is 23.0 Å². The molecule has 0 saturated carbocycles. The molecule has 1 N–H and O–H groups in total. The van der Waals surface area contributed by atoms with Crippen LogP contribution >= 0.6 is 22.7 Å². The van der Waals surface area contributed by atoms with Gasteiger partial charge in [-0.3, -0.25) is 4.79 Å². The molecule has 3 heterocycles. The summed E-state index contributed by atoms with van der Waals surface area (Å²) in [6.45, 7) is 0.870. The number of β-amino-alcohol motifs (C(OH)–C–C–N with tert-alkyl or cyclic N) is 1. The van der Waals surface area contributed by atoms with E-state index in [-0.39, 0.29) is 12.0 Å². The maximum atomic E-state index is 11.9. The van der Waals surface area contributed by atoms with Gasteiger partial charge in [0.15, 0.2) is 0 Å². The van der Waals surface area contributed by atoms with Gasteiger partial charge in [-0.25, -0.2) is 4.98 Å². The van der Waals surface area contributed by atoms with Gasteiger partial charge in [0, 0.05) is 24.0 Å². The Hall–Kier alpha value is -1.24. The van der Waals surface area contributed by atoms with Gasteiger partial charge in [0.2, 0.25) is 0 Å². The third-order valence-corrected chi connectivity index (χ3v) is 4.35. The summed E-state index contributed by atoms with van der Waals surface area (Å²) < 4.78 is 0. The summed E-state index contributed by atoms with van der Waals surface area (Å²) in [5.74, 6) is -0.0331. The van der Waals surface area contributed by atoms with Gasteiger partial charge in [0.1, 0.15) is 9.88 Å². The number of aliphatic hydroxyl groups excluding tert-OH is 1. The SMILES string of the molecule is O=C(c1cnc(-c2ccsc2)s1)N1CC(O)C1. The van der Waals surface area contributed by atoms with Crippen LogP contribution in [0.2, 0.25) is 0 Å². The number of hydrogen-bond donors (Lipinski definition) is 1. The van der Waals surface area contributed by atoms with Gasteiger partial charge >= 0.3 is 0 Å². The minimum Gasteiger partial charge on any atom is -0.389 e. The number of aliphatic hydroxyl groups is 1. The molecular formula is C11H10N2O2S2. The van der Waals surface area contributed by atoms with E-state index in [1.165, 1.54) is 11.3 Å². The fraction of sp³-hybridized carbons (Fsp3) is 0.273. The first-order valence-electron chi connectivity index (χ1n) is 5.20. The number of carbonyl (C=O) groups excluding carboxylic acids is 1. The van der Waals surface area contributed by atoms with Crippen LogP contribution in [0, 0.1) is 0 Å². The van der Waals surface area contributed by atoms with E-state index in [9.17, 15) is 4.79 Å². The lowest BCUT2D eigenvalue weighted by Gasteiger charge is -2.35. The van der Waals surface area contributed by atoms with Crippen LogP contribution in [0.3, 0.4) is 0 Å². The maximum absolute atomic E-state index is 11.9. The fourth-order valence-corrected chi connectivity index (χ4v) is 3.27. The van der Waals surface area contributed by atoms with Gasteiger partial charge < -0.3 is 10.0 Å². The first-order valence-corrected chi connectivity index (χ1v) is 6.96. The molecule has 4 nitrogen and oxygen atoms in total. The second-order valence-electron chi connectivity index (χ2n) is 3.91. The Morgan fingerprint density at radius 1 is 1.53 bits per heavy atom. The van der Waals surface area contributed by atoms with Crippen LogP contribution in [0.4, 0.5) is 0 Å². The highest BCUT2D eigenvalue weighted by molar-refractivity contribution is 7.17. The van der Waals surface area contributed by atoms with Crippen molar-refractivity contribution in [3.63, 3.8) is 0 Å². The number of aromatic nitrogens is 1. The van der Waals surface area contributed by atoms with Crippen molar-refractivity contribution in [1.82, 2.24) is 9.88 Å². The Morgan fingerprint density at radius 2 is 2.35 bits per heavy atom. The Bertz CT molecular complexity index is 529. The Labute approximate surface area is 106 Å². The number of hydrogen-bond acceptors (Lipinski definition) is 5. The molecule has 0 radical (unpaired) electrons. The zero-order valence-corrected chi connectivity index (χ0v) is 10.5. The third kappa shape index (κ3) is 1.99. The maximum Gasteiger partial charge on any atom is 0.265 e. The number of likely N-dealkylation sites (tertiary alicyclic amines) is 1. The first kappa shape index (κ1) is 10.9. The zero-order chi connectivity index (χ0) is 11.8. The molecule has 2 aromatic rings. The third-order valence-electron chi connectivity index (χ3n) is 2.63. The molecule has 0 atom stereocenters. The Kier molecular flexibility index (Phi) is 2.70. The molecule has 1 fully saturated rings. The summed E-state index contributed by atoms with van der Waals surface area (Å²) in [4.78, 5) is 18.5. The second kappa shape index (κ2) is 4.21. The summed E-state index contributed by atoms with van der Waals surface area (Å²) in [5.41, 5.74) is 1.06. The smallest absolute Gasteiger partial charge is 0.265 e. The minimum atomic E-state index is -0.358. The molecule has 0 aliphatic carbocycles. The average molecular weight is 266 g/mol. The van der Waals surface area contributed by atoms with Crippen molar-refractivity contribution >= 4 is 28.6 Å². The monoisotopic (exact) mass is 266 g/mol. The van der Waals surface area contributed by atoms with Gasteiger partial charge in [-0.2, -0.15) is 11.3 Å². The van der Waals surface area contributed by atoms with Crippen LogP contribution in [-0.4, -0.2) is 40.1 Å². The molecule has 88 valence electrons. The van der Waals surface area contributed by atoms with Crippen molar-refractivity contribution in [3.8, 4) is 10.6 Å². The molecule has 17 heavy (non-hydrogen) atoms. The van der Waals surface area contributed by atoms with E-state index >= 15 is 0 Å². The summed E-state index contributed by atoms with van der Waals surface area (Å²) in [7, 11) is 0. The van der Waals surface area contributed by atoms with E-state index in [1.807, 2.05) is 16.8 Å². The first-order chi connectivity index (χ1) is 8.24. The van der Waals surface area contributed by atoms with E-state index in [0.717, 1.165) is 10.6 Å². The van der Waals surface area contributed by atoms with Crippen molar-refractivity contribution in [3.05, 3.63) is 27.9 Å². The topological polar surface area (TPSA) is 53.4 Å². The number of rotatable bonds is 2. The molecule has 1 aliphatic rings. The Balaban J connectivity index is 1.79. The molecule has 2 aromatic heterocycles. The average Bonchev–Trinajstić information content (AvgIpc) is 2.92. The van der Waals surface area contributed by atoms with Crippen LogP contribution in [-0.2, 0) is 0 Å². The van der Waals surface area contributed by atoms with Gasteiger partial charge in [0.25, 0.3) is 5.91 Å². The fourth-order valence-electron chi connectivity index (χ4n) is 1.67. The van der Waals surface area contributed by atoms with Gasteiger partial charge in [-0.1, -0.05) is 0 Å². The van der Waals surface area contributed by atoms with Gasteiger partial charge in [-0.15, -0.1) is 11.3 Å². The highest BCUT2D eigenvalue weighted by atomic mass is 32.1. The van der Waals surface area contributed by atoms with E-state index in [1.54, 1.807) is 22.4 Å². The lowest BCUT2D eigenvalue weighted by atomic mass is 10.1. The number of amides is 1. The standard InChI is InChI=1S/C11H10N2O2S2/c14-8-4-13(5-8)11(15)9-3-12-10(17-9)7-1-2-16-6-7/h1-3,6,8,14H,4-5H2. The quantitative estimate of drug-likeness (QED) is 0.900. The normalized spacial score (nSPS) is 15.9. The number of thiazole rings is 1. The van der Waals surface area contributed by atoms with Crippen molar-refractivity contribution in [1.29, 1.82) is 0 Å². The molecule has 1 amide bonds. The lowest BCUT2D eigenvalue weighted by Crippen LogP contribution is -2.53. The predicted octanol–water partition coefficient (Wildman–Crippen LogP) is 1.69. The second-order valence-corrected chi connectivity index (χ2v) is 5.72. The molecule has 6 heteroatoms. The van der Waals surface area contributed by atoms with Crippen LogP contribution < -0.4 is 0 Å². The summed E-state index contributed by atoms with van der Waals surface area (Å²) >= 11 is 3.01. The van der Waals surface area contributed by atoms with Crippen molar-refractivity contribution in [2.45, 2.75) is 6.10 Å². The minimum absolute atomic E-state index is 0.0331. The van der Waals surface area contributed by atoms with Crippen LogP contribution in [0.1, 0.15) is 9.67 Å². The molecule has 1 saturated heterocycles. The molecule has 3 rings (SSSR count). The highest BCUT2D eigenvalue weighted by Gasteiger charge is 2.30. The van der Waals surface area contributed by atoms with Gasteiger partial charge in [0.05, 0.1) is 12.3 Å². The summed E-state index contributed by atoms with van der Waals surface area (Å²) in [6.07, 6.45) is 1.26. The van der Waals surface area contributed by atoms with E-state index in [4.69, 9.17) is 5.11 Å². The lowest BCUT2D eigenvalue weighted by molar-refractivity contribution is 0.00621. The molecule has 0 spiro atoms. The zero-order valence-electron chi connectivity index (χ0n) is 8.87. The van der Waals surface area contributed by atoms with E-state index < -0.39 is 0 Å². The van der Waals surface area contributed by atoms with Crippen LogP contribution in [0.5, 0.6) is 0 Å². The number of nitrogens with zero attached hydrogens (tertiary/aromatic N) is 2. The molecule has 0 aromatic carbocycles. The molecule has 1 aliphatic heterocycles. The Morgan fingerprint density at radius 3 is 3.00 bits per heavy atom. The number of thiophene rings is 1. The van der Waals surface area contributed by atoms with E-state index in [0.29, 0.717) is 18.0 Å². The molecule has 0 unspecified atom stereocenters. The van der Waals surface area contributed by atoms with Gasteiger partial charge in [-0.05, 0) is 11.4 Å². The molecular weight excluding hydrogens is 256 g/mol. The van der Waals surface area contributed by atoms with Crippen molar-refractivity contribution < 1.29 is 9.90 Å². The van der Waals surface area contributed by atoms with Crippen molar-refractivity contribution in [2.75, 3.05) is 13.1 Å². The summed E-state index contributed by atoms with van der Waals surface area (Å²) in [6, 6.07) is 1.99. The molecule has 0 bridgehead atoms. The predicted molar refractivity (Wildman–Crippen MR) is 67.3 cm³/mol. The summed E-state index contributed by atoms with van der Waals surface area (Å²) in [5, 5.41) is 14.0. The largest absolute Gasteiger partial charge is 0.389 e. The number of carbonyl (C=O) groups is 1.